The molecule has 4 bridgehead atoms. The predicted molar refractivity (Wildman–Crippen MR) is 124 cm³/mol. The van der Waals surface area contributed by atoms with Crippen LogP contribution < -0.4 is 0 Å². The molecule has 8 aliphatic rings. The van der Waals surface area contributed by atoms with Crippen molar-refractivity contribution in [2.45, 2.75) is 80.6 Å². The molecule has 4 aliphatic heterocycles. The van der Waals surface area contributed by atoms with Crippen molar-refractivity contribution in [2.24, 2.45) is 34.5 Å². The molecular weight excluding hydrogens is 496 g/mol. The maximum absolute atomic E-state index is 14.4. The fourth-order valence-electron chi connectivity index (χ4n) is 10.3. The van der Waals surface area contributed by atoms with Crippen LogP contribution in [0.4, 0.5) is 0 Å². The Balaban J connectivity index is 1.46. The fraction of sp³-hybridized carbons (Fsp3) is 0.714. The minimum atomic E-state index is -2.27. The number of hydrogen-bond donors (Lipinski definition) is 2. The van der Waals surface area contributed by atoms with Gasteiger partial charge in [-0.3, -0.25) is 9.59 Å². The van der Waals surface area contributed by atoms with Crippen LogP contribution in [0.15, 0.2) is 24.3 Å². The Morgan fingerprint density at radius 1 is 1.03 bits per heavy atom. The van der Waals surface area contributed by atoms with Gasteiger partial charge in [0.05, 0.1) is 29.5 Å². The summed E-state index contributed by atoms with van der Waals surface area (Å²) in [7, 11) is 0. The lowest BCUT2D eigenvalue weighted by molar-refractivity contribution is -0.331. The second-order valence-electron chi connectivity index (χ2n) is 13.3. The zero-order valence-corrected chi connectivity index (χ0v) is 21.4. The number of hydrogen-bond acceptors (Lipinski definition) is 10. The van der Waals surface area contributed by atoms with Crippen molar-refractivity contribution in [3.63, 3.8) is 0 Å². The third-order valence-electron chi connectivity index (χ3n) is 12.3. The Morgan fingerprint density at radius 2 is 1.79 bits per heavy atom. The number of fused-ring (bicyclic) bond motifs is 5. The van der Waals surface area contributed by atoms with Gasteiger partial charge in [0.25, 0.3) is 0 Å². The predicted octanol–water partition coefficient (Wildman–Crippen LogP) is 0.528. The molecule has 0 aromatic rings. The second-order valence-corrected chi connectivity index (χ2v) is 13.3. The summed E-state index contributed by atoms with van der Waals surface area (Å²) in [5.74, 6) is -5.61. The van der Waals surface area contributed by atoms with Gasteiger partial charge >= 0.3 is 17.9 Å². The molecule has 0 radical (unpaired) electrons. The van der Waals surface area contributed by atoms with Crippen molar-refractivity contribution in [3.8, 4) is 0 Å². The number of aliphatic hydroxyl groups is 2. The lowest BCUT2D eigenvalue weighted by Gasteiger charge is -2.67. The molecule has 1 spiro atoms. The molecule has 0 aromatic carbocycles. The Hall–Kier alpha value is -2.56. The van der Waals surface area contributed by atoms with Crippen molar-refractivity contribution in [3.05, 3.63) is 24.3 Å². The van der Waals surface area contributed by atoms with E-state index < -0.39 is 86.5 Å². The third-order valence-corrected chi connectivity index (χ3v) is 12.3. The highest BCUT2D eigenvalue weighted by molar-refractivity contribution is 5.98. The van der Waals surface area contributed by atoms with Gasteiger partial charge in [-0.25, -0.2) is 9.59 Å². The summed E-state index contributed by atoms with van der Waals surface area (Å²) in [6.07, 6.45) is 5.98. The van der Waals surface area contributed by atoms with Gasteiger partial charge in [0, 0.05) is 5.92 Å². The number of ketones is 1. The first-order chi connectivity index (χ1) is 17.8. The van der Waals surface area contributed by atoms with Gasteiger partial charge in [-0.15, -0.1) is 0 Å². The average molecular weight is 527 g/mol. The lowest BCUT2D eigenvalue weighted by atomic mass is 9.39. The first-order valence-corrected chi connectivity index (χ1v) is 13.4. The van der Waals surface area contributed by atoms with Crippen molar-refractivity contribution >= 4 is 23.7 Å². The van der Waals surface area contributed by atoms with Gasteiger partial charge in [-0.2, -0.15) is 0 Å². The summed E-state index contributed by atoms with van der Waals surface area (Å²) in [5, 5.41) is 24.1. The summed E-state index contributed by atoms with van der Waals surface area (Å²) >= 11 is 0. The van der Waals surface area contributed by atoms with Gasteiger partial charge in [0.1, 0.15) is 6.10 Å². The highest BCUT2D eigenvalue weighted by atomic mass is 16.7. The van der Waals surface area contributed by atoms with Gasteiger partial charge < -0.3 is 29.2 Å². The Bertz CT molecular complexity index is 1340. The van der Waals surface area contributed by atoms with E-state index in [-0.39, 0.29) is 31.7 Å². The van der Waals surface area contributed by atoms with E-state index in [1.165, 1.54) is 6.08 Å². The van der Waals surface area contributed by atoms with Crippen LogP contribution in [0.1, 0.15) is 46.5 Å². The van der Waals surface area contributed by atoms with Crippen LogP contribution in [-0.4, -0.2) is 74.6 Å². The lowest BCUT2D eigenvalue weighted by Crippen LogP contribution is -2.82. The third kappa shape index (κ3) is 1.89. The van der Waals surface area contributed by atoms with Crippen molar-refractivity contribution in [1.82, 2.24) is 0 Å². The molecule has 2 N–H and O–H groups in total. The molecule has 6 fully saturated rings. The van der Waals surface area contributed by atoms with E-state index in [0.717, 1.165) is 0 Å². The zero-order chi connectivity index (χ0) is 26.9. The van der Waals surface area contributed by atoms with E-state index in [2.05, 4.69) is 0 Å². The molecule has 8 rings (SSSR count). The standard InChI is InChI=1S/C28H30O10/c1-22-11-17-24(3)28-19(22)27(21(32)38-28,35-12-15(22)18(30)36-17)14-6-9-25(33)8-4-5-16(29)23(25,2)13(14)7-10-26(28,34)20(31)37-24/h4-6,9,13-15,17,19,33-34H,7-8,10-12H2,1-3H3/t13-,14+,15-,17-,19+,22+,23-,24+,25-,26-,27-,28-/m0/s1. The molecule has 10 nitrogen and oxygen atoms in total. The van der Waals surface area contributed by atoms with E-state index >= 15 is 0 Å². The van der Waals surface area contributed by atoms with E-state index in [9.17, 15) is 29.4 Å². The normalized spacial score (nSPS) is 60.7. The Kier molecular flexibility index (Phi) is 3.75. The molecule has 38 heavy (non-hydrogen) atoms. The number of allylic oxidation sites excluding steroid dienone is 1. The maximum atomic E-state index is 14.4. The Labute approximate surface area is 218 Å². The topological polar surface area (TPSA) is 146 Å². The molecule has 10 heteroatoms. The fourth-order valence-corrected chi connectivity index (χ4v) is 10.3. The smallest absolute Gasteiger partial charge is 0.343 e. The minimum Gasteiger partial charge on any atom is -0.458 e. The van der Waals surface area contributed by atoms with Crippen LogP contribution in [0.5, 0.6) is 0 Å². The monoisotopic (exact) mass is 526 g/mol. The van der Waals surface area contributed by atoms with Crippen LogP contribution in [0, 0.1) is 34.5 Å². The summed E-state index contributed by atoms with van der Waals surface area (Å²) in [4.78, 5) is 54.9. The van der Waals surface area contributed by atoms with Gasteiger partial charge in [0.15, 0.2) is 17.0 Å². The number of carbonyl (C=O) groups excluding carboxylic acids is 4. The SMILES string of the molecule is C[C@@]12C[C@@H]3OC(=O)[C@@H]1CO[C@]14C(=O)O[C@]5([C@H]21)[C@](O)(CC[C@H]1[C@H]4C=C[C@@]2(O)CC=CC(=O)[C@]12C)C(=O)O[C@]35C. The molecule has 0 amide bonds. The highest BCUT2D eigenvalue weighted by Gasteiger charge is 2.95. The quantitative estimate of drug-likeness (QED) is 0.260. The first kappa shape index (κ1) is 23.3. The number of esters is 3. The number of carbonyl (C=O) groups is 4. The molecule has 0 aromatic heterocycles. The Morgan fingerprint density at radius 3 is 2.55 bits per heavy atom. The zero-order valence-electron chi connectivity index (χ0n) is 21.4. The van der Waals surface area contributed by atoms with Crippen molar-refractivity contribution < 1.29 is 48.3 Å². The van der Waals surface area contributed by atoms with Crippen molar-refractivity contribution in [1.29, 1.82) is 0 Å². The van der Waals surface area contributed by atoms with Crippen LogP contribution in [0.2, 0.25) is 0 Å². The van der Waals surface area contributed by atoms with E-state index in [1.54, 1.807) is 32.1 Å². The van der Waals surface area contributed by atoms with Gasteiger partial charge in [-0.1, -0.05) is 25.2 Å². The molecule has 12 atom stereocenters. The molecule has 4 heterocycles. The molecule has 202 valence electrons. The number of rotatable bonds is 0. The van der Waals surface area contributed by atoms with Gasteiger partial charge in [0.2, 0.25) is 11.2 Å². The molecule has 4 saturated heterocycles. The van der Waals surface area contributed by atoms with Crippen LogP contribution in [0.25, 0.3) is 0 Å². The molecule has 0 unspecified atom stereocenters. The van der Waals surface area contributed by atoms with E-state index in [0.29, 0.717) is 6.42 Å². The van der Waals surface area contributed by atoms with E-state index in [1.807, 2.05) is 6.92 Å². The van der Waals surface area contributed by atoms with E-state index in [4.69, 9.17) is 18.9 Å². The second kappa shape index (κ2) is 6.10. The maximum Gasteiger partial charge on any atom is 0.343 e. The largest absolute Gasteiger partial charge is 0.458 e. The van der Waals surface area contributed by atoms with Crippen LogP contribution in [-0.2, 0) is 38.1 Å². The molecule has 4 aliphatic carbocycles. The van der Waals surface area contributed by atoms with Gasteiger partial charge in [-0.05, 0) is 56.9 Å². The minimum absolute atomic E-state index is 0.112. The van der Waals surface area contributed by atoms with Crippen LogP contribution in [0.3, 0.4) is 0 Å². The van der Waals surface area contributed by atoms with Crippen molar-refractivity contribution in [2.75, 3.05) is 6.61 Å². The first-order valence-electron chi connectivity index (χ1n) is 13.4. The summed E-state index contributed by atoms with van der Waals surface area (Å²) < 4.78 is 24.5. The number of ether oxygens (including phenoxy) is 4. The molecular formula is C28H30O10. The summed E-state index contributed by atoms with van der Waals surface area (Å²) in [6.45, 7) is 5.04. The summed E-state index contributed by atoms with van der Waals surface area (Å²) in [5.41, 5.74) is -11.3. The highest BCUT2D eigenvalue weighted by Crippen LogP contribution is 2.77. The summed E-state index contributed by atoms with van der Waals surface area (Å²) in [6, 6.07) is 0. The average Bonchev–Trinajstić information content (AvgIpc) is 3.23. The van der Waals surface area contributed by atoms with Crippen LogP contribution >= 0.6 is 0 Å². The molecule has 2 saturated carbocycles.